The van der Waals surface area contributed by atoms with Gasteiger partial charge in [-0.05, 0) is 31.5 Å². The largest absolute Gasteiger partial charge is 0.389 e. The molecule has 1 heterocycles. The summed E-state index contributed by atoms with van der Waals surface area (Å²) < 4.78 is 0. The van der Waals surface area contributed by atoms with Crippen molar-refractivity contribution in [3.05, 3.63) is 35.4 Å². The monoisotopic (exact) mass is 291 g/mol. The van der Waals surface area contributed by atoms with Crippen molar-refractivity contribution in [3.63, 3.8) is 0 Å². The quantitative estimate of drug-likeness (QED) is 0.855. The minimum Gasteiger partial charge on any atom is -0.389 e. The second kappa shape index (κ2) is 6.56. The molecule has 0 aromatic heterocycles. The summed E-state index contributed by atoms with van der Waals surface area (Å²) in [6, 6.07) is 7.51. The molecule has 0 bridgehead atoms. The molecule has 116 valence electrons. The van der Waals surface area contributed by atoms with Gasteiger partial charge in [0, 0.05) is 44.8 Å². The van der Waals surface area contributed by atoms with E-state index in [-0.39, 0.29) is 5.91 Å². The summed E-state index contributed by atoms with van der Waals surface area (Å²) in [5.74, 6) is 0.0632. The van der Waals surface area contributed by atoms with Crippen LogP contribution >= 0.6 is 0 Å². The maximum absolute atomic E-state index is 12.5. The van der Waals surface area contributed by atoms with Gasteiger partial charge in [-0.15, -0.1) is 0 Å². The third kappa shape index (κ3) is 4.52. The lowest BCUT2D eigenvalue weighted by Gasteiger charge is -2.37. The van der Waals surface area contributed by atoms with E-state index < -0.39 is 5.60 Å². The van der Waals surface area contributed by atoms with E-state index >= 15 is 0 Å². The second-order valence-electron chi connectivity index (χ2n) is 6.29. The van der Waals surface area contributed by atoms with Crippen LogP contribution in [0.4, 0.5) is 0 Å². The number of nitrogens with two attached hydrogens (primary N) is 1. The summed E-state index contributed by atoms with van der Waals surface area (Å²) in [5.41, 5.74) is 6.60. The summed E-state index contributed by atoms with van der Waals surface area (Å²) in [6.45, 7) is 7.69. The zero-order chi connectivity index (χ0) is 15.5. The normalized spacial score (nSPS) is 17.0. The zero-order valence-corrected chi connectivity index (χ0v) is 12.9. The highest BCUT2D eigenvalue weighted by Gasteiger charge is 2.25. The predicted molar refractivity (Wildman–Crippen MR) is 83.0 cm³/mol. The number of nitrogens with zero attached hydrogens (tertiary/aromatic N) is 2. The number of carbonyl (C=O) groups excluding carboxylic acids is 1. The Hall–Kier alpha value is -1.43. The van der Waals surface area contributed by atoms with Crippen LogP contribution < -0.4 is 5.73 Å². The highest BCUT2D eigenvalue weighted by Crippen LogP contribution is 2.13. The summed E-state index contributed by atoms with van der Waals surface area (Å²) in [4.78, 5) is 16.5. The minimum absolute atomic E-state index is 0.0632. The van der Waals surface area contributed by atoms with Crippen molar-refractivity contribution in [1.29, 1.82) is 0 Å². The first kappa shape index (κ1) is 15.9. The average molecular weight is 291 g/mol. The molecular formula is C16H25N3O2. The summed E-state index contributed by atoms with van der Waals surface area (Å²) in [7, 11) is 0. The number of aliphatic hydroxyl groups is 1. The number of hydrogen-bond acceptors (Lipinski definition) is 4. The second-order valence-corrected chi connectivity index (χ2v) is 6.29. The van der Waals surface area contributed by atoms with Gasteiger partial charge in [0.05, 0.1) is 5.60 Å². The standard InChI is InChI=1S/C16H25N3O2/c1-16(2,21)12-18-6-8-19(9-7-18)15(20)14-5-3-4-13(10-14)11-17/h3-5,10,21H,6-9,11-12,17H2,1-2H3. The van der Waals surface area contributed by atoms with Gasteiger partial charge in [0.25, 0.3) is 5.91 Å². The summed E-state index contributed by atoms with van der Waals surface area (Å²) in [6.07, 6.45) is 0. The molecule has 0 spiro atoms. The Balaban J connectivity index is 1.94. The molecule has 1 aromatic carbocycles. The fourth-order valence-corrected chi connectivity index (χ4v) is 2.67. The maximum Gasteiger partial charge on any atom is 0.253 e. The molecule has 1 aliphatic rings. The molecule has 0 atom stereocenters. The first-order valence-corrected chi connectivity index (χ1v) is 7.42. The van der Waals surface area contributed by atoms with Crippen molar-refractivity contribution in [2.24, 2.45) is 5.73 Å². The third-order valence-electron chi connectivity index (χ3n) is 3.68. The lowest BCUT2D eigenvalue weighted by Crippen LogP contribution is -2.52. The molecule has 3 N–H and O–H groups in total. The van der Waals surface area contributed by atoms with Crippen LogP contribution in [0.5, 0.6) is 0 Å². The third-order valence-corrected chi connectivity index (χ3v) is 3.68. The maximum atomic E-state index is 12.5. The highest BCUT2D eigenvalue weighted by molar-refractivity contribution is 5.94. The SMILES string of the molecule is CC(C)(O)CN1CCN(C(=O)c2cccc(CN)c2)CC1. The predicted octanol–water partition coefficient (Wildman–Crippen LogP) is 0.674. The van der Waals surface area contributed by atoms with Crippen molar-refractivity contribution in [1.82, 2.24) is 9.80 Å². The molecule has 0 radical (unpaired) electrons. The van der Waals surface area contributed by atoms with Crippen molar-refractivity contribution in [2.75, 3.05) is 32.7 Å². The number of hydrogen-bond donors (Lipinski definition) is 2. The lowest BCUT2D eigenvalue weighted by molar-refractivity contribution is 0.0178. The van der Waals surface area contributed by atoms with E-state index in [1.807, 2.05) is 43.0 Å². The number of carbonyl (C=O) groups is 1. The Morgan fingerprint density at radius 1 is 1.29 bits per heavy atom. The Morgan fingerprint density at radius 2 is 1.95 bits per heavy atom. The smallest absolute Gasteiger partial charge is 0.253 e. The molecule has 1 saturated heterocycles. The molecule has 5 heteroatoms. The van der Waals surface area contributed by atoms with Crippen LogP contribution in [0.1, 0.15) is 29.8 Å². The van der Waals surface area contributed by atoms with E-state index in [9.17, 15) is 9.90 Å². The van der Waals surface area contributed by atoms with Crippen LogP contribution in [0, 0.1) is 0 Å². The van der Waals surface area contributed by atoms with E-state index in [0.29, 0.717) is 31.7 Å². The summed E-state index contributed by atoms with van der Waals surface area (Å²) in [5, 5.41) is 9.85. The Labute approximate surface area is 126 Å². The number of piperazine rings is 1. The van der Waals surface area contributed by atoms with E-state index in [1.54, 1.807) is 0 Å². The van der Waals surface area contributed by atoms with Gasteiger partial charge < -0.3 is 15.7 Å². The molecule has 21 heavy (non-hydrogen) atoms. The first-order valence-electron chi connectivity index (χ1n) is 7.42. The van der Waals surface area contributed by atoms with E-state index in [4.69, 9.17) is 5.73 Å². The number of β-amino-alcohol motifs (C(OH)–C–C–N with tert-alkyl or cyclic N) is 1. The number of amides is 1. The fraction of sp³-hybridized carbons (Fsp3) is 0.562. The highest BCUT2D eigenvalue weighted by atomic mass is 16.3. The minimum atomic E-state index is -0.693. The average Bonchev–Trinajstić information content (AvgIpc) is 2.46. The van der Waals surface area contributed by atoms with E-state index in [0.717, 1.165) is 18.7 Å². The van der Waals surface area contributed by atoms with Crippen LogP contribution in [-0.4, -0.2) is 59.1 Å². The molecule has 1 fully saturated rings. The van der Waals surface area contributed by atoms with Crippen LogP contribution in [0.15, 0.2) is 24.3 Å². The van der Waals surface area contributed by atoms with Crippen LogP contribution in [0.3, 0.4) is 0 Å². The molecule has 0 aliphatic carbocycles. The fourth-order valence-electron chi connectivity index (χ4n) is 2.67. The van der Waals surface area contributed by atoms with Crippen molar-refractivity contribution < 1.29 is 9.90 Å². The molecule has 5 nitrogen and oxygen atoms in total. The number of benzene rings is 1. The van der Waals surface area contributed by atoms with Gasteiger partial charge in [0.2, 0.25) is 0 Å². The van der Waals surface area contributed by atoms with Crippen molar-refractivity contribution in [3.8, 4) is 0 Å². The molecule has 1 aromatic rings. The molecule has 1 amide bonds. The Morgan fingerprint density at radius 3 is 2.52 bits per heavy atom. The van der Waals surface area contributed by atoms with Gasteiger partial charge in [-0.25, -0.2) is 0 Å². The van der Waals surface area contributed by atoms with Gasteiger partial charge in [0.1, 0.15) is 0 Å². The Kier molecular flexibility index (Phi) is 4.98. The van der Waals surface area contributed by atoms with Crippen molar-refractivity contribution >= 4 is 5.91 Å². The lowest BCUT2D eigenvalue weighted by atomic mass is 10.1. The summed E-state index contributed by atoms with van der Waals surface area (Å²) >= 11 is 0. The number of rotatable bonds is 4. The Bertz CT molecular complexity index is 489. The topological polar surface area (TPSA) is 69.8 Å². The van der Waals surface area contributed by atoms with Crippen LogP contribution in [0.25, 0.3) is 0 Å². The van der Waals surface area contributed by atoms with Crippen LogP contribution in [-0.2, 0) is 6.54 Å². The molecule has 0 saturated carbocycles. The van der Waals surface area contributed by atoms with E-state index in [2.05, 4.69) is 4.90 Å². The molecular weight excluding hydrogens is 266 g/mol. The van der Waals surface area contributed by atoms with E-state index in [1.165, 1.54) is 0 Å². The van der Waals surface area contributed by atoms with Crippen molar-refractivity contribution in [2.45, 2.75) is 26.0 Å². The molecule has 1 aliphatic heterocycles. The first-order chi connectivity index (χ1) is 9.89. The van der Waals surface area contributed by atoms with Gasteiger partial charge in [0.15, 0.2) is 0 Å². The van der Waals surface area contributed by atoms with Gasteiger partial charge in [-0.1, -0.05) is 12.1 Å². The zero-order valence-electron chi connectivity index (χ0n) is 12.9. The molecule has 2 rings (SSSR count). The molecule has 0 unspecified atom stereocenters. The van der Waals surface area contributed by atoms with Gasteiger partial charge >= 0.3 is 0 Å². The van der Waals surface area contributed by atoms with Gasteiger partial charge in [-0.2, -0.15) is 0 Å². The van der Waals surface area contributed by atoms with Gasteiger partial charge in [-0.3, -0.25) is 9.69 Å². The van der Waals surface area contributed by atoms with Crippen LogP contribution in [0.2, 0.25) is 0 Å².